The molecule has 0 bridgehead atoms. The van der Waals surface area contributed by atoms with E-state index in [1.165, 1.54) is 9.80 Å². The number of carbonyl (C=O) groups is 10. The zero-order valence-electron chi connectivity index (χ0n) is 54.0. The summed E-state index contributed by atoms with van der Waals surface area (Å²) in [5, 5.41) is 21.5. The minimum absolute atomic E-state index is 0.0329. The fourth-order valence-electron chi connectivity index (χ4n) is 12.0. The van der Waals surface area contributed by atoms with Crippen molar-refractivity contribution in [2.24, 2.45) is 23.3 Å². The molecule has 2 unspecified atom stereocenters. The van der Waals surface area contributed by atoms with Gasteiger partial charge in [-0.25, -0.2) is 0 Å². The first kappa shape index (κ1) is 74.5. The molecule has 3 saturated heterocycles. The average molecular weight is 1350 g/mol. The Morgan fingerprint density at radius 3 is 1.05 bits per heavy atom. The monoisotopic (exact) mass is 1340 g/mol. The lowest BCUT2D eigenvalue weighted by atomic mass is 9.99. The van der Waals surface area contributed by atoms with E-state index < -0.39 is 155 Å². The molecule has 28 heteroatoms. The molecule has 3 aliphatic rings. The van der Waals surface area contributed by atoms with Gasteiger partial charge in [0.05, 0.1) is 11.1 Å². The maximum absolute atomic E-state index is 15.2. The third-order valence-corrected chi connectivity index (χ3v) is 17.4. The van der Waals surface area contributed by atoms with Crippen LogP contribution in [0, 0.1) is 11.8 Å². The van der Waals surface area contributed by atoms with Gasteiger partial charge >= 0.3 is 12.4 Å². The van der Waals surface area contributed by atoms with Crippen molar-refractivity contribution < 1.29 is 74.3 Å². The second kappa shape index (κ2) is 34.1. The second-order valence-corrected chi connectivity index (χ2v) is 25.2. The Bertz CT molecular complexity index is 3130. The summed E-state index contributed by atoms with van der Waals surface area (Å²) in [7, 11) is 0. The average Bonchev–Trinajstić information content (AvgIpc) is 1.52. The lowest BCUT2D eigenvalue weighted by Gasteiger charge is -2.33. The van der Waals surface area contributed by atoms with E-state index >= 15 is 19.2 Å². The summed E-state index contributed by atoms with van der Waals surface area (Å²) in [4.78, 5) is 151. The molecule has 0 aliphatic carbocycles. The number of nitrogens with two attached hydrogens (primary N) is 2. The normalized spacial score (nSPS) is 24.6. The Balaban J connectivity index is 1.34. The Morgan fingerprint density at radius 1 is 0.406 bits per heavy atom. The maximum atomic E-state index is 15.2. The topological polar surface area (TPSA) is 325 Å². The van der Waals surface area contributed by atoms with Crippen molar-refractivity contribution in [2.45, 2.75) is 178 Å². The number of nitrogens with one attached hydrogen (secondary N) is 8. The molecule has 3 heterocycles. The molecule has 12 N–H and O–H groups in total. The Morgan fingerprint density at radius 2 is 0.740 bits per heavy atom. The molecule has 0 radical (unpaired) electrons. The van der Waals surface area contributed by atoms with Gasteiger partial charge in [-0.05, 0) is 136 Å². The number of amides is 10. The third-order valence-electron chi connectivity index (χ3n) is 17.4. The first-order valence-electron chi connectivity index (χ1n) is 32.5. The van der Waals surface area contributed by atoms with Crippen LogP contribution in [0.5, 0.6) is 0 Å². The molecule has 7 rings (SSSR count). The van der Waals surface area contributed by atoms with E-state index in [0.29, 0.717) is 48.2 Å². The number of halogens is 6. The standard InChI is InChI=1S/C68H86F6N12O10/c1-39(2)53-61(91)77-47(21-11-13-33-75)57(87)83-55(43-25-29-45(30-26-43)67(69,70)71)63(93)80-50(38-42-19-9-6-10-20-42)66(96)86-36-16-24-52(86)60(90)82-54(40(3)4)62(92)78-48(22-12-14-34-76)58(88)84-56(44-27-31-46(32-28-44)68(72,73)74)64(94)79-49(37-41-17-7-5-8-18-41)65(95)85-35-15-23-51(85)59(89)81-53/h5-10,17-20,25-32,39-40,47-56H,11-16,21-24,33-38,75-76H2,1-4H3,(H,77,91)(H,78,92)(H,79,94)(H,80,93)(H,81,89)(H,82,90)(H,83,87)(H,84,88)/t47-,48-,49+,50+,51-,52-,53-,54-,55?,56?/m0/s1. The van der Waals surface area contributed by atoms with Gasteiger partial charge in [0.15, 0.2) is 0 Å². The molecule has 22 nitrogen and oxygen atoms in total. The van der Waals surface area contributed by atoms with Crippen molar-refractivity contribution in [2.75, 3.05) is 26.2 Å². The van der Waals surface area contributed by atoms with Crippen molar-refractivity contribution in [3.63, 3.8) is 0 Å². The number of fused-ring (bicyclic) bond motifs is 2. The molecule has 10 atom stereocenters. The van der Waals surface area contributed by atoms with E-state index in [4.69, 9.17) is 11.5 Å². The summed E-state index contributed by atoms with van der Waals surface area (Å²) in [5.41, 5.74) is 10.2. The first-order chi connectivity index (χ1) is 45.6. The van der Waals surface area contributed by atoms with Crippen LogP contribution in [-0.4, -0.2) is 143 Å². The highest BCUT2D eigenvalue weighted by Gasteiger charge is 2.44. The van der Waals surface area contributed by atoms with Gasteiger partial charge in [-0.2, -0.15) is 26.3 Å². The van der Waals surface area contributed by atoms with Gasteiger partial charge in [-0.3, -0.25) is 47.9 Å². The van der Waals surface area contributed by atoms with Gasteiger partial charge in [-0.15, -0.1) is 0 Å². The second-order valence-electron chi connectivity index (χ2n) is 25.2. The van der Waals surface area contributed by atoms with Crippen LogP contribution in [0.2, 0.25) is 0 Å². The van der Waals surface area contributed by atoms with Crippen molar-refractivity contribution in [3.05, 3.63) is 143 Å². The summed E-state index contributed by atoms with van der Waals surface area (Å²) in [6, 6.07) is 8.38. The van der Waals surface area contributed by atoms with Crippen LogP contribution in [0.15, 0.2) is 109 Å². The highest BCUT2D eigenvalue weighted by atomic mass is 19.4. The number of hydrogen-bond donors (Lipinski definition) is 10. The molecular formula is C68H86F6N12O10. The number of hydrogen-bond acceptors (Lipinski definition) is 12. The van der Waals surface area contributed by atoms with Crippen molar-refractivity contribution >= 4 is 59.1 Å². The van der Waals surface area contributed by atoms with Gasteiger partial charge < -0.3 is 63.8 Å². The van der Waals surface area contributed by atoms with Crippen molar-refractivity contribution in [3.8, 4) is 0 Å². The number of benzene rings is 4. The predicted molar refractivity (Wildman–Crippen MR) is 341 cm³/mol. The first-order valence-corrected chi connectivity index (χ1v) is 32.5. The fraction of sp³-hybridized carbons (Fsp3) is 0.500. The van der Waals surface area contributed by atoms with Crippen LogP contribution in [0.4, 0.5) is 26.3 Å². The summed E-state index contributed by atoms with van der Waals surface area (Å²) in [5.74, 6) is -10.5. The van der Waals surface area contributed by atoms with E-state index in [2.05, 4.69) is 42.5 Å². The Hall–Kier alpha value is -8.92. The van der Waals surface area contributed by atoms with Gasteiger partial charge in [0.2, 0.25) is 59.1 Å². The third kappa shape index (κ3) is 20.1. The zero-order chi connectivity index (χ0) is 70.0. The van der Waals surface area contributed by atoms with E-state index in [-0.39, 0.29) is 102 Å². The number of unbranched alkanes of at least 4 members (excludes halogenated alkanes) is 2. The lowest BCUT2D eigenvalue weighted by Crippen LogP contribution is -2.61. The van der Waals surface area contributed by atoms with Crippen molar-refractivity contribution in [1.82, 2.24) is 52.3 Å². The fourth-order valence-corrected chi connectivity index (χ4v) is 12.0. The van der Waals surface area contributed by atoms with E-state index in [1.54, 1.807) is 88.4 Å². The number of carbonyl (C=O) groups excluding carboxylic acids is 10. The molecule has 0 aromatic heterocycles. The van der Waals surface area contributed by atoms with Crippen molar-refractivity contribution in [1.29, 1.82) is 0 Å². The zero-order valence-corrected chi connectivity index (χ0v) is 54.0. The number of alkyl halides is 6. The van der Waals surface area contributed by atoms with Crippen LogP contribution < -0.4 is 54.0 Å². The summed E-state index contributed by atoms with van der Waals surface area (Å²) in [6.45, 7) is 6.65. The van der Waals surface area contributed by atoms with Gasteiger partial charge in [0.25, 0.3) is 0 Å². The Kier molecular flexibility index (Phi) is 26.5. The lowest BCUT2D eigenvalue weighted by molar-refractivity contribution is -0.143. The smallest absolute Gasteiger partial charge is 0.343 e. The molecule has 96 heavy (non-hydrogen) atoms. The summed E-state index contributed by atoms with van der Waals surface area (Å²) < 4.78 is 84.3. The van der Waals surface area contributed by atoms with Crippen LogP contribution in [-0.2, 0) is 73.1 Å². The quantitative estimate of drug-likeness (QED) is 0.0539. The molecule has 0 saturated carbocycles. The van der Waals surface area contributed by atoms with E-state index in [0.717, 1.165) is 24.3 Å². The molecule has 4 aromatic rings. The van der Waals surface area contributed by atoms with Crippen LogP contribution in [0.3, 0.4) is 0 Å². The molecule has 3 aliphatic heterocycles. The SMILES string of the molecule is CC(C)[C@@H]1NC(=O)[C@@H]2CCCN2C(=O)[C@@H](Cc2ccccc2)NC(=O)C(c2ccc(C(F)(F)F)cc2)NC(=O)[C@H](CCCCN)NC(=O)[C@H](C(C)C)NC(=O)[C@@H]2CCCN2C(=O)[C@@H](Cc2ccccc2)NC(=O)C(c2ccc(C(F)(F)F)cc2)NC(=O)[C@H](CCCCN)NC1=O. The summed E-state index contributed by atoms with van der Waals surface area (Å²) in [6.07, 6.45) is -8.51. The highest BCUT2D eigenvalue weighted by molar-refractivity contribution is 6.00. The van der Waals surface area contributed by atoms with Crippen LogP contribution in [0.25, 0.3) is 0 Å². The molecule has 3 fully saturated rings. The Labute approximate surface area is 553 Å². The van der Waals surface area contributed by atoms with Crippen LogP contribution in [0.1, 0.15) is 137 Å². The van der Waals surface area contributed by atoms with Gasteiger partial charge in [0, 0.05) is 25.9 Å². The van der Waals surface area contributed by atoms with E-state index in [9.17, 15) is 55.1 Å². The molecule has 520 valence electrons. The largest absolute Gasteiger partial charge is 0.416 e. The van der Waals surface area contributed by atoms with Gasteiger partial charge in [0.1, 0.15) is 60.4 Å². The van der Waals surface area contributed by atoms with Crippen LogP contribution >= 0.6 is 0 Å². The molecular weight excluding hydrogens is 1260 g/mol. The molecule has 10 amide bonds. The number of rotatable bonds is 16. The number of nitrogens with zero attached hydrogens (tertiary/aromatic N) is 2. The minimum atomic E-state index is -4.82. The maximum Gasteiger partial charge on any atom is 0.416 e. The molecule has 4 aromatic carbocycles. The van der Waals surface area contributed by atoms with Gasteiger partial charge in [-0.1, -0.05) is 113 Å². The van der Waals surface area contributed by atoms with E-state index in [1.807, 2.05) is 0 Å². The highest BCUT2D eigenvalue weighted by Crippen LogP contribution is 2.33. The minimum Gasteiger partial charge on any atom is -0.343 e. The predicted octanol–water partition coefficient (Wildman–Crippen LogP) is 4.70. The summed E-state index contributed by atoms with van der Waals surface area (Å²) >= 11 is 0. The molecule has 0 spiro atoms.